The van der Waals surface area contributed by atoms with Crippen molar-refractivity contribution in [3.05, 3.63) is 51.8 Å². The van der Waals surface area contributed by atoms with Gasteiger partial charge in [0.1, 0.15) is 12.3 Å². The van der Waals surface area contributed by atoms with Gasteiger partial charge in [0.15, 0.2) is 5.76 Å². The summed E-state index contributed by atoms with van der Waals surface area (Å²) < 4.78 is 18.2. The number of ether oxygens (including phenoxy) is 3. The van der Waals surface area contributed by atoms with Gasteiger partial charge in [0.05, 0.1) is 10.7 Å². The Morgan fingerprint density at radius 2 is 1.91 bits per heavy atom. The van der Waals surface area contributed by atoms with Crippen LogP contribution in [0.3, 0.4) is 0 Å². The number of aromatic nitrogens is 2. The van der Waals surface area contributed by atoms with Crippen molar-refractivity contribution >= 4 is 47.1 Å². The number of halogens is 1. The number of aliphatic imine (C=N–C) groups is 1. The summed E-state index contributed by atoms with van der Waals surface area (Å²) in [5.41, 5.74) is 3.98. The molecular formula is C25H34ClN3O4S. The van der Waals surface area contributed by atoms with E-state index in [9.17, 15) is 4.79 Å². The molecule has 0 bridgehead atoms. The number of hydrogen-bond acceptors (Lipinski definition) is 7. The first kappa shape index (κ1) is 27.8. The van der Waals surface area contributed by atoms with Crippen LogP contribution in [0.15, 0.2) is 29.3 Å². The monoisotopic (exact) mass is 507 g/mol. The Bertz CT molecular complexity index is 1040. The number of allylic oxidation sites excluding steroid dienone is 1. The van der Waals surface area contributed by atoms with E-state index in [0.717, 1.165) is 5.56 Å². The van der Waals surface area contributed by atoms with Crippen molar-refractivity contribution in [1.29, 1.82) is 0 Å². The molecule has 186 valence electrons. The quantitative estimate of drug-likeness (QED) is 0.134. The minimum Gasteiger partial charge on any atom is -0.452 e. The summed E-state index contributed by atoms with van der Waals surface area (Å²) in [5, 5.41) is 4.87. The molecule has 2 rings (SSSR count). The van der Waals surface area contributed by atoms with Crippen LogP contribution in [0, 0.1) is 6.92 Å². The molecule has 0 N–H and O–H groups in total. The van der Waals surface area contributed by atoms with Crippen molar-refractivity contribution in [1.82, 2.24) is 9.78 Å². The van der Waals surface area contributed by atoms with Gasteiger partial charge in [0.25, 0.3) is 0 Å². The molecule has 1 aromatic heterocycles. The predicted octanol–water partition coefficient (Wildman–Crippen LogP) is 6.13. The number of thioether (sulfide) groups is 1. The number of carbonyl (C=O) groups excluding carboxylic acids is 1. The van der Waals surface area contributed by atoms with Crippen molar-refractivity contribution in [2.24, 2.45) is 12.0 Å². The maximum atomic E-state index is 12.1. The Morgan fingerprint density at radius 3 is 2.41 bits per heavy atom. The first-order chi connectivity index (χ1) is 16.0. The van der Waals surface area contributed by atoms with Gasteiger partial charge < -0.3 is 14.2 Å². The van der Waals surface area contributed by atoms with Gasteiger partial charge in [-0.3, -0.25) is 9.67 Å². The maximum Gasteiger partial charge on any atom is 0.511 e. The molecule has 0 aliphatic rings. The van der Waals surface area contributed by atoms with Crippen LogP contribution in [0.5, 0.6) is 0 Å². The number of carbonyl (C=O) groups is 1. The second kappa shape index (κ2) is 12.3. The van der Waals surface area contributed by atoms with Crippen molar-refractivity contribution in [2.45, 2.75) is 46.3 Å². The Hall–Kier alpha value is -2.45. The average molecular weight is 508 g/mol. The van der Waals surface area contributed by atoms with E-state index >= 15 is 0 Å². The van der Waals surface area contributed by atoms with Crippen LogP contribution in [-0.4, -0.2) is 54.1 Å². The highest BCUT2D eigenvalue weighted by atomic mass is 35.5. The number of hydrogen-bond donors (Lipinski definition) is 0. The third-order valence-electron chi connectivity index (χ3n) is 4.98. The summed E-state index contributed by atoms with van der Waals surface area (Å²) in [6.07, 6.45) is 1.89. The number of nitrogens with zero attached hydrogens (tertiary/aromatic N) is 3. The fourth-order valence-corrected chi connectivity index (χ4v) is 3.73. The number of aryl methyl sites for hydroxylation is 2. The summed E-state index contributed by atoms with van der Waals surface area (Å²) in [5.74, 6) is 1.08. The van der Waals surface area contributed by atoms with Crippen molar-refractivity contribution in [2.75, 3.05) is 25.7 Å². The molecule has 0 amide bonds. The molecule has 1 heterocycles. The molecule has 0 aliphatic carbocycles. The smallest absolute Gasteiger partial charge is 0.452 e. The van der Waals surface area contributed by atoms with E-state index in [1.54, 1.807) is 43.7 Å². The third kappa shape index (κ3) is 7.27. The summed E-state index contributed by atoms with van der Waals surface area (Å²) in [4.78, 5) is 16.3. The zero-order valence-corrected chi connectivity index (χ0v) is 22.7. The van der Waals surface area contributed by atoms with Gasteiger partial charge in [0, 0.05) is 38.6 Å². The molecule has 1 unspecified atom stereocenters. The Balaban J connectivity index is 2.54. The predicted molar refractivity (Wildman–Crippen MR) is 141 cm³/mol. The summed E-state index contributed by atoms with van der Waals surface area (Å²) in [7, 11) is 3.46. The normalized spacial score (nSPS) is 13.6. The minimum atomic E-state index is -0.947. The molecule has 0 saturated carbocycles. The first-order valence-corrected chi connectivity index (χ1v) is 12.7. The summed E-state index contributed by atoms with van der Waals surface area (Å²) in [6.45, 7) is 10.2. The fraction of sp³-hybridized carbons (Fsp3) is 0.480. The van der Waals surface area contributed by atoms with Crippen LogP contribution in [0.4, 0.5) is 4.79 Å². The van der Waals surface area contributed by atoms with Gasteiger partial charge >= 0.3 is 6.16 Å². The molecule has 34 heavy (non-hydrogen) atoms. The Morgan fingerprint density at radius 1 is 1.26 bits per heavy atom. The van der Waals surface area contributed by atoms with Crippen LogP contribution in [0.1, 0.15) is 50.2 Å². The standard InChI is InChI=1S/C25H34ClN3O4S/c1-16-21(26)22(29(7)28-16)23(32-17(2)33-24(30)31-13-14-34-8)20(15-27-6)18-9-11-19(12-10-18)25(3,4)5/h9-12,15,17H,13-14H2,1-8H3/b23-20-,27-15-. The van der Waals surface area contributed by atoms with E-state index in [1.807, 2.05) is 25.3 Å². The highest BCUT2D eigenvalue weighted by molar-refractivity contribution is 7.98. The van der Waals surface area contributed by atoms with Crippen LogP contribution in [0.25, 0.3) is 11.3 Å². The number of rotatable bonds is 9. The molecular weight excluding hydrogens is 474 g/mol. The molecule has 0 fully saturated rings. The average Bonchev–Trinajstić information content (AvgIpc) is 3.01. The zero-order chi connectivity index (χ0) is 25.5. The van der Waals surface area contributed by atoms with Gasteiger partial charge in [0.2, 0.25) is 6.29 Å². The second-order valence-corrected chi connectivity index (χ2v) is 10.1. The van der Waals surface area contributed by atoms with Gasteiger partial charge in [-0.2, -0.15) is 16.9 Å². The lowest BCUT2D eigenvalue weighted by atomic mass is 9.86. The van der Waals surface area contributed by atoms with Gasteiger partial charge in [-0.1, -0.05) is 56.6 Å². The van der Waals surface area contributed by atoms with Gasteiger partial charge in [-0.05, 0) is 29.7 Å². The van der Waals surface area contributed by atoms with E-state index in [1.165, 1.54) is 5.56 Å². The van der Waals surface area contributed by atoms with Crippen LogP contribution in [0.2, 0.25) is 5.02 Å². The lowest BCUT2D eigenvalue weighted by molar-refractivity contribution is -0.0657. The molecule has 1 aromatic carbocycles. The fourth-order valence-electron chi connectivity index (χ4n) is 3.24. The Kier molecular flexibility index (Phi) is 10.1. The maximum absolute atomic E-state index is 12.1. The van der Waals surface area contributed by atoms with Crippen molar-refractivity contribution in [3.63, 3.8) is 0 Å². The van der Waals surface area contributed by atoms with E-state index in [2.05, 4.69) is 43.0 Å². The second-order valence-electron chi connectivity index (χ2n) is 8.72. The minimum absolute atomic E-state index is 0.0159. The van der Waals surface area contributed by atoms with E-state index in [-0.39, 0.29) is 12.0 Å². The topological polar surface area (TPSA) is 74.9 Å². The zero-order valence-electron chi connectivity index (χ0n) is 21.1. The SMILES string of the molecule is C/N=C\C(=C(\OC(C)OC(=O)OCCSC)c1c(Cl)c(C)nn1C)c1ccc(C(C)(C)C)cc1. The lowest BCUT2D eigenvalue weighted by Gasteiger charge is -2.21. The molecule has 0 radical (unpaired) electrons. The van der Waals surface area contributed by atoms with Crippen molar-refractivity contribution < 1.29 is 19.0 Å². The summed E-state index contributed by atoms with van der Waals surface area (Å²) in [6, 6.07) is 8.19. The van der Waals surface area contributed by atoms with Crippen LogP contribution < -0.4 is 0 Å². The van der Waals surface area contributed by atoms with Crippen LogP contribution >= 0.6 is 23.4 Å². The van der Waals surface area contributed by atoms with E-state index < -0.39 is 12.4 Å². The first-order valence-electron chi connectivity index (χ1n) is 10.9. The van der Waals surface area contributed by atoms with Crippen LogP contribution in [-0.2, 0) is 26.7 Å². The highest BCUT2D eigenvalue weighted by Crippen LogP contribution is 2.34. The largest absolute Gasteiger partial charge is 0.511 e. The molecule has 1 atom stereocenters. The molecule has 2 aromatic rings. The molecule has 0 aliphatic heterocycles. The molecule has 9 heteroatoms. The molecule has 0 saturated heterocycles. The molecule has 0 spiro atoms. The third-order valence-corrected chi connectivity index (χ3v) is 6.01. The van der Waals surface area contributed by atoms with E-state index in [0.29, 0.717) is 33.5 Å². The van der Waals surface area contributed by atoms with Gasteiger partial charge in [-0.15, -0.1) is 0 Å². The number of benzene rings is 1. The van der Waals surface area contributed by atoms with Gasteiger partial charge in [-0.25, -0.2) is 4.79 Å². The van der Waals surface area contributed by atoms with E-state index in [4.69, 9.17) is 25.8 Å². The molecule has 7 nitrogen and oxygen atoms in total. The Labute approximate surface area is 211 Å². The summed E-state index contributed by atoms with van der Waals surface area (Å²) >= 11 is 8.20. The van der Waals surface area contributed by atoms with Crippen molar-refractivity contribution in [3.8, 4) is 0 Å². The highest BCUT2D eigenvalue weighted by Gasteiger charge is 2.25. The lowest BCUT2D eigenvalue weighted by Crippen LogP contribution is -2.20.